The van der Waals surface area contributed by atoms with Crippen LogP contribution in [0.15, 0.2) is 23.4 Å². The molecule has 1 heterocycles. The zero-order chi connectivity index (χ0) is 14.5. The molecule has 1 unspecified atom stereocenters. The van der Waals surface area contributed by atoms with Gasteiger partial charge in [-0.05, 0) is 24.1 Å². The largest absolute Gasteiger partial charge is 0.409 e. The van der Waals surface area contributed by atoms with Gasteiger partial charge >= 0.3 is 0 Å². The highest BCUT2D eigenvalue weighted by molar-refractivity contribution is 5.98. The van der Waals surface area contributed by atoms with Crippen LogP contribution in [-0.4, -0.2) is 29.5 Å². The van der Waals surface area contributed by atoms with E-state index in [0.717, 1.165) is 12.0 Å². The molecule has 5 N–H and O–H groups in total. The third-order valence-electron chi connectivity index (χ3n) is 3.30. The third kappa shape index (κ3) is 3.45. The molecule has 0 saturated carbocycles. The first-order valence-electron chi connectivity index (χ1n) is 6.36. The van der Waals surface area contributed by atoms with Gasteiger partial charge in [-0.1, -0.05) is 11.2 Å². The lowest BCUT2D eigenvalue weighted by molar-refractivity contribution is -0.122. The van der Waals surface area contributed by atoms with Crippen LogP contribution in [0, 0.1) is 5.82 Å². The molecule has 2 rings (SSSR count). The maximum atomic E-state index is 13.2. The quantitative estimate of drug-likeness (QED) is 0.276. The Bertz CT molecular complexity index is 523. The number of amidine groups is 1. The summed E-state index contributed by atoms with van der Waals surface area (Å²) in [6, 6.07) is 4.32. The predicted octanol–water partition coefficient (Wildman–Crippen LogP) is 0.288. The summed E-state index contributed by atoms with van der Waals surface area (Å²) in [4.78, 5) is 11.1. The van der Waals surface area contributed by atoms with Gasteiger partial charge in [-0.15, -0.1) is 0 Å². The number of nitrogens with two attached hydrogens (primary N) is 1. The first-order chi connectivity index (χ1) is 9.60. The van der Waals surface area contributed by atoms with Crippen molar-refractivity contribution in [3.05, 3.63) is 35.1 Å². The Morgan fingerprint density at radius 1 is 1.60 bits per heavy atom. The molecule has 0 spiro atoms. The molecule has 108 valence electrons. The summed E-state index contributed by atoms with van der Waals surface area (Å²) in [5, 5.41) is 17.7. The Kier molecular flexibility index (Phi) is 4.52. The zero-order valence-electron chi connectivity index (χ0n) is 10.9. The molecule has 1 aromatic carbocycles. The van der Waals surface area contributed by atoms with Crippen molar-refractivity contribution in [3.63, 3.8) is 0 Å². The van der Waals surface area contributed by atoms with E-state index in [0.29, 0.717) is 25.1 Å². The molecule has 7 heteroatoms. The number of rotatable bonds is 4. The molecule has 1 aliphatic heterocycles. The SMILES string of the molecule is NC(=NO)c1cc(F)ccc1CNC1CCC(=O)NC1. The first kappa shape index (κ1) is 14.3. The lowest BCUT2D eigenvalue weighted by atomic mass is 10.0. The Labute approximate surface area is 115 Å². The fourth-order valence-corrected chi connectivity index (χ4v) is 2.16. The number of halogens is 1. The number of nitrogens with zero attached hydrogens (tertiary/aromatic N) is 1. The summed E-state index contributed by atoms with van der Waals surface area (Å²) < 4.78 is 13.2. The number of nitrogens with one attached hydrogen (secondary N) is 2. The topological polar surface area (TPSA) is 99.7 Å². The lowest BCUT2D eigenvalue weighted by Gasteiger charge is -2.24. The van der Waals surface area contributed by atoms with Crippen LogP contribution in [0.1, 0.15) is 24.0 Å². The molecule has 1 atom stereocenters. The van der Waals surface area contributed by atoms with E-state index in [1.54, 1.807) is 6.07 Å². The van der Waals surface area contributed by atoms with Gasteiger partial charge in [0.2, 0.25) is 5.91 Å². The average molecular weight is 280 g/mol. The van der Waals surface area contributed by atoms with Crippen molar-refractivity contribution in [2.24, 2.45) is 10.9 Å². The molecule has 0 radical (unpaired) electrons. The molecule has 1 saturated heterocycles. The fraction of sp³-hybridized carbons (Fsp3) is 0.385. The molecule has 1 aromatic rings. The lowest BCUT2D eigenvalue weighted by Crippen LogP contribution is -2.45. The number of piperidine rings is 1. The van der Waals surface area contributed by atoms with E-state index in [1.807, 2.05) is 0 Å². The molecular formula is C13H17FN4O2. The van der Waals surface area contributed by atoms with Crippen LogP contribution >= 0.6 is 0 Å². The van der Waals surface area contributed by atoms with Crippen LogP contribution in [0.4, 0.5) is 4.39 Å². The number of oxime groups is 1. The summed E-state index contributed by atoms with van der Waals surface area (Å²) in [7, 11) is 0. The molecule has 1 fully saturated rings. The Morgan fingerprint density at radius 3 is 3.05 bits per heavy atom. The van der Waals surface area contributed by atoms with Gasteiger partial charge in [0.05, 0.1) is 0 Å². The van der Waals surface area contributed by atoms with Crippen LogP contribution < -0.4 is 16.4 Å². The van der Waals surface area contributed by atoms with E-state index in [1.165, 1.54) is 12.1 Å². The zero-order valence-corrected chi connectivity index (χ0v) is 10.9. The van der Waals surface area contributed by atoms with E-state index >= 15 is 0 Å². The second-order valence-electron chi connectivity index (χ2n) is 4.71. The highest BCUT2D eigenvalue weighted by atomic mass is 19.1. The third-order valence-corrected chi connectivity index (χ3v) is 3.30. The summed E-state index contributed by atoms with van der Waals surface area (Å²) >= 11 is 0. The molecule has 1 aliphatic rings. The minimum absolute atomic E-state index is 0.0576. The summed E-state index contributed by atoms with van der Waals surface area (Å²) in [6.07, 6.45) is 1.25. The molecular weight excluding hydrogens is 263 g/mol. The van der Waals surface area contributed by atoms with Crippen molar-refractivity contribution in [1.29, 1.82) is 0 Å². The second kappa shape index (κ2) is 6.33. The van der Waals surface area contributed by atoms with Crippen molar-refractivity contribution >= 4 is 11.7 Å². The summed E-state index contributed by atoms with van der Waals surface area (Å²) in [5.74, 6) is -0.513. The van der Waals surface area contributed by atoms with Crippen molar-refractivity contribution in [2.45, 2.75) is 25.4 Å². The molecule has 0 bridgehead atoms. The predicted molar refractivity (Wildman–Crippen MR) is 71.8 cm³/mol. The van der Waals surface area contributed by atoms with Crippen LogP contribution in [-0.2, 0) is 11.3 Å². The van der Waals surface area contributed by atoms with E-state index in [9.17, 15) is 9.18 Å². The average Bonchev–Trinajstić information content (AvgIpc) is 2.46. The minimum Gasteiger partial charge on any atom is -0.409 e. The highest BCUT2D eigenvalue weighted by Gasteiger charge is 2.18. The van der Waals surface area contributed by atoms with Crippen LogP contribution in [0.2, 0.25) is 0 Å². The Hall–Kier alpha value is -2.15. The van der Waals surface area contributed by atoms with Gasteiger partial charge in [-0.2, -0.15) is 0 Å². The van der Waals surface area contributed by atoms with Gasteiger partial charge in [0, 0.05) is 31.1 Å². The van der Waals surface area contributed by atoms with Gasteiger partial charge < -0.3 is 21.6 Å². The van der Waals surface area contributed by atoms with Gasteiger partial charge in [-0.3, -0.25) is 4.79 Å². The molecule has 20 heavy (non-hydrogen) atoms. The van der Waals surface area contributed by atoms with Gasteiger partial charge in [0.15, 0.2) is 5.84 Å². The highest BCUT2D eigenvalue weighted by Crippen LogP contribution is 2.12. The van der Waals surface area contributed by atoms with E-state index < -0.39 is 5.82 Å². The van der Waals surface area contributed by atoms with E-state index in [4.69, 9.17) is 10.9 Å². The number of carbonyl (C=O) groups excluding carboxylic acids is 1. The Morgan fingerprint density at radius 2 is 2.40 bits per heavy atom. The van der Waals surface area contributed by atoms with Gasteiger partial charge in [0.1, 0.15) is 5.82 Å². The maximum absolute atomic E-state index is 13.2. The summed E-state index contributed by atoms with van der Waals surface area (Å²) in [5.41, 5.74) is 6.64. The normalized spacial score (nSPS) is 19.8. The molecule has 1 amide bonds. The molecule has 0 aromatic heterocycles. The molecule has 0 aliphatic carbocycles. The van der Waals surface area contributed by atoms with Crippen molar-refractivity contribution in [1.82, 2.24) is 10.6 Å². The first-order valence-corrected chi connectivity index (χ1v) is 6.36. The van der Waals surface area contributed by atoms with Crippen LogP contribution in [0.25, 0.3) is 0 Å². The number of amides is 1. The second-order valence-corrected chi connectivity index (χ2v) is 4.71. The number of carbonyl (C=O) groups is 1. The number of hydrogen-bond donors (Lipinski definition) is 4. The molecule has 6 nitrogen and oxygen atoms in total. The van der Waals surface area contributed by atoms with Gasteiger partial charge in [0.25, 0.3) is 0 Å². The monoisotopic (exact) mass is 280 g/mol. The number of hydrogen-bond acceptors (Lipinski definition) is 4. The van der Waals surface area contributed by atoms with Crippen molar-refractivity contribution in [2.75, 3.05) is 6.54 Å². The van der Waals surface area contributed by atoms with Crippen molar-refractivity contribution in [3.8, 4) is 0 Å². The fourth-order valence-electron chi connectivity index (χ4n) is 2.16. The minimum atomic E-state index is -0.444. The summed E-state index contributed by atoms with van der Waals surface area (Å²) in [6.45, 7) is 1.02. The van der Waals surface area contributed by atoms with Gasteiger partial charge in [-0.25, -0.2) is 4.39 Å². The Balaban J connectivity index is 2.04. The van der Waals surface area contributed by atoms with Crippen LogP contribution in [0.3, 0.4) is 0 Å². The van der Waals surface area contributed by atoms with E-state index in [2.05, 4.69) is 15.8 Å². The number of benzene rings is 1. The van der Waals surface area contributed by atoms with Crippen LogP contribution in [0.5, 0.6) is 0 Å². The van der Waals surface area contributed by atoms with E-state index in [-0.39, 0.29) is 17.8 Å². The maximum Gasteiger partial charge on any atom is 0.220 e. The van der Waals surface area contributed by atoms with Crippen molar-refractivity contribution < 1.29 is 14.4 Å². The smallest absolute Gasteiger partial charge is 0.220 e. The standard InChI is InChI=1S/C13H17FN4O2/c14-9-2-1-8(11(5-9)13(15)18-20)6-16-10-3-4-12(19)17-7-10/h1-2,5,10,16,20H,3-4,6-7H2,(H2,15,18)(H,17,19).